The van der Waals surface area contributed by atoms with E-state index in [0.29, 0.717) is 21.8 Å². The van der Waals surface area contributed by atoms with Gasteiger partial charge in [0.1, 0.15) is 0 Å². The third kappa shape index (κ3) is 2.65. The fourth-order valence-corrected chi connectivity index (χ4v) is 2.26. The number of nitrogens with zero attached hydrogens (tertiary/aromatic N) is 1. The maximum absolute atomic E-state index is 6.00. The van der Waals surface area contributed by atoms with Gasteiger partial charge in [-0.3, -0.25) is 0 Å². The summed E-state index contributed by atoms with van der Waals surface area (Å²) in [6.45, 7) is 1.41. The molecule has 1 fully saturated rings. The Morgan fingerprint density at radius 3 is 2.88 bits per heavy atom. The fourth-order valence-electron chi connectivity index (χ4n) is 1.76. The molecule has 0 bridgehead atoms. The van der Waals surface area contributed by atoms with Gasteiger partial charge in [0.2, 0.25) is 0 Å². The number of hydrogen-bond donors (Lipinski definition) is 1. The lowest BCUT2D eigenvalue weighted by molar-refractivity contribution is 0.0631. The van der Waals surface area contributed by atoms with Gasteiger partial charge in [0.05, 0.1) is 16.7 Å². The zero-order valence-electron chi connectivity index (χ0n) is 9.24. The van der Waals surface area contributed by atoms with Crippen LogP contribution in [-0.2, 0) is 4.74 Å². The highest BCUT2D eigenvalue weighted by Gasteiger charge is 2.28. The second kappa shape index (κ2) is 5.40. The highest BCUT2D eigenvalue weighted by atomic mass is 35.5. The fraction of sp³-hybridized carbons (Fsp3) is 0.364. The van der Waals surface area contributed by atoms with Gasteiger partial charge < -0.3 is 15.0 Å². The summed E-state index contributed by atoms with van der Waals surface area (Å²) < 4.78 is 5.67. The van der Waals surface area contributed by atoms with E-state index >= 15 is 0 Å². The van der Waals surface area contributed by atoms with Crippen molar-refractivity contribution in [1.82, 2.24) is 10.2 Å². The first-order chi connectivity index (χ1) is 8.13. The molecule has 0 saturated carbocycles. The van der Waals surface area contributed by atoms with Crippen LogP contribution in [0.3, 0.4) is 0 Å². The van der Waals surface area contributed by atoms with Gasteiger partial charge in [-0.15, -0.1) is 0 Å². The Morgan fingerprint density at radius 1 is 1.47 bits per heavy atom. The SMILES string of the molecule is CNC(=S)N1CCOC1c1ccc(Cl)c(Cl)c1. The molecule has 1 saturated heterocycles. The maximum Gasteiger partial charge on any atom is 0.171 e. The predicted molar refractivity (Wildman–Crippen MR) is 73.5 cm³/mol. The van der Waals surface area contributed by atoms with E-state index in [4.69, 9.17) is 40.2 Å². The first-order valence-corrected chi connectivity index (χ1v) is 6.35. The summed E-state index contributed by atoms with van der Waals surface area (Å²) in [6, 6.07) is 5.47. The van der Waals surface area contributed by atoms with Crippen LogP contribution in [0.25, 0.3) is 0 Å². The minimum atomic E-state index is -0.190. The van der Waals surface area contributed by atoms with Crippen molar-refractivity contribution in [1.29, 1.82) is 0 Å². The minimum Gasteiger partial charge on any atom is -0.366 e. The Bertz CT molecular complexity index is 441. The van der Waals surface area contributed by atoms with Gasteiger partial charge in [0, 0.05) is 19.2 Å². The Kier molecular flexibility index (Phi) is 4.09. The predicted octanol–water partition coefficient (Wildman–Crippen LogP) is 2.83. The average Bonchev–Trinajstić information content (AvgIpc) is 2.80. The van der Waals surface area contributed by atoms with Gasteiger partial charge in [-0.1, -0.05) is 29.3 Å². The summed E-state index contributed by atoms with van der Waals surface area (Å²) in [7, 11) is 1.80. The Hall–Kier alpha value is -0.550. The highest BCUT2D eigenvalue weighted by Crippen LogP contribution is 2.31. The van der Waals surface area contributed by atoms with Crippen LogP contribution in [0.1, 0.15) is 11.8 Å². The largest absolute Gasteiger partial charge is 0.366 e. The molecule has 1 heterocycles. The molecule has 1 aromatic rings. The lowest BCUT2D eigenvalue weighted by atomic mass is 10.2. The highest BCUT2D eigenvalue weighted by molar-refractivity contribution is 7.80. The second-order valence-corrected chi connectivity index (χ2v) is 4.85. The van der Waals surface area contributed by atoms with Crippen LogP contribution in [-0.4, -0.2) is 30.2 Å². The number of ether oxygens (including phenoxy) is 1. The molecule has 1 aliphatic rings. The molecule has 0 amide bonds. The van der Waals surface area contributed by atoms with Crippen molar-refractivity contribution in [3.05, 3.63) is 33.8 Å². The van der Waals surface area contributed by atoms with Crippen molar-refractivity contribution in [3.8, 4) is 0 Å². The molecule has 2 rings (SSSR count). The van der Waals surface area contributed by atoms with Gasteiger partial charge in [-0.2, -0.15) is 0 Å². The average molecular weight is 291 g/mol. The molecule has 1 unspecified atom stereocenters. The lowest BCUT2D eigenvalue weighted by Gasteiger charge is -2.25. The Morgan fingerprint density at radius 2 is 2.24 bits per heavy atom. The molecule has 1 atom stereocenters. The third-order valence-corrected chi connectivity index (χ3v) is 3.77. The van der Waals surface area contributed by atoms with Gasteiger partial charge >= 0.3 is 0 Å². The third-order valence-electron chi connectivity index (χ3n) is 2.59. The molecule has 1 aromatic carbocycles. The lowest BCUT2D eigenvalue weighted by Crippen LogP contribution is -2.37. The monoisotopic (exact) mass is 290 g/mol. The number of benzene rings is 1. The summed E-state index contributed by atoms with van der Waals surface area (Å²) in [4.78, 5) is 1.98. The topological polar surface area (TPSA) is 24.5 Å². The molecule has 0 aliphatic carbocycles. The maximum atomic E-state index is 6.00. The molecule has 92 valence electrons. The van der Waals surface area contributed by atoms with Crippen LogP contribution < -0.4 is 5.32 Å². The number of halogens is 2. The smallest absolute Gasteiger partial charge is 0.171 e. The van der Waals surface area contributed by atoms with E-state index in [1.54, 1.807) is 13.1 Å². The Labute approximate surface area is 116 Å². The van der Waals surface area contributed by atoms with Crippen molar-refractivity contribution in [2.24, 2.45) is 0 Å². The minimum absolute atomic E-state index is 0.190. The summed E-state index contributed by atoms with van der Waals surface area (Å²) in [5.74, 6) is 0. The molecule has 0 spiro atoms. The van der Waals surface area contributed by atoms with Crippen LogP contribution in [0.2, 0.25) is 10.0 Å². The van der Waals surface area contributed by atoms with Crippen molar-refractivity contribution in [3.63, 3.8) is 0 Å². The molecule has 1 N–H and O–H groups in total. The summed E-state index contributed by atoms with van der Waals surface area (Å²) >= 11 is 17.1. The van der Waals surface area contributed by atoms with Crippen LogP contribution in [0.4, 0.5) is 0 Å². The van der Waals surface area contributed by atoms with Crippen molar-refractivity contribution in [2.45, 2.75) is 6.23 Å². The van der Waals surface area contributed by atoms with Crippen LogP contribution in [0, 0.1) is 0 Å². The first kappa shape index (κ1) is 12.9. The number of nitrogens with one attached hydrogen (secondary N) is 1. The van der Waals surface area contributed by atoms with Crippen LogP contribution in [0.5, 0.6) is 0 Å². The molecule has 1 aliphatic heterocycles. The van der Waals surface area contributed by atoms with E-state index < -0.39 is 0 Å². The number of thiocarbonyl (C=S) groups is 1. The molecule has 0 radical (unpaired) electrons. The van der Waals surface area contributed by atoms with Crippen molar-refractivity contribution >= 4 is 40.5 Å². The van der Waals surface area contributed by atoms with Gasteiger partial charge in [0.15, 0.2) is 11.3 Å². The molecule has 17 heavy (non-hydrogen) atoms. The quantitative estimate of drug-likeness (QED) is 0.804. The van der Waals surface area contributed by atoms with E-state index in [2.05, 4.69) is 5.32 Å². The molecule has 6 heteroatoms. The summed E-state index contributed by atoms with van der Waals surface area (Å²) in [6.07, 6.45) is -0.190. The van der Waals surface area contributed by atoms with Crippen LogP contribution in [0.15, 0.2) is 18.2 Å². The van der Waals surface area contributed by atoms with Crippen molar-refractivity contribution in [2.75, 3.05) is 20.2 Å². The second-order valence-electron chi connectivity index (χ2n) is 3.65. The van der Waals surface area contributed by atoms with Crippen molar-refractivity contribution < 1.29 is 4.74 Å². The molecule has 3 nitrogen and oxygen atoms in total. The van der Waals surface area contributed by atoms with E-state index in [-0.39, 0.29) is 6.23 Å². The normalized spacial score (nSPS) is 19.5. The Balaban J connectivity index is 2.26. The van der Waals surface area contributed by atoms with E-state index in [0.717, 1.165) is 12.1 Å². The van der Waals surface area contributed by atoms with Gasteiger partial charge in [-0.05, 0) is 24.4 Å². The van der Waals surface area contributed by atoms with Gasteiger partial charge in [-0.25, -0.2) is 0 Å². The number of hydrogen-bond acceptors (Lipinski definition) is 2. The van der Waals surface area contributed by atoms with Gasteiger partial charge in [0.25, 0.3) is 0 Å². The first-order valence-electron chi connectivity index (χ1n) is 5.18. The molecular formula is C11H12Cl2N2OS. The number of rotatable bonds is 1. The zero-order chi connectivity index (χ0) is 12.4. The van der Waals surface area contributed by atoms with E-state index in [9.17, 15) is 0 Å². The van der Waals surface area contributed by atoms with E-state index in [1.165, 1.54) is 0 Å². The van der Waals surface area contributed by atoms with Crippen LogP contribution >= 0.6 is 35.4 Å². The zero-order valence-corrected chi connectivity index (χ0v) is 11.6. The standard InChI is InChI=1S/C11H12Cl2N2OS/c1-14-11(17)15-4-5-16-10(15)7-2-3-8(12)9(13)6-7/h2-3,6,10H,4-5H2,1H3,(H,14,17). The molecular weight excluding hydrogens is 279 g/mol. The summed E-state index contributed by atoms with van der Waals surface area (Å²) in [5, 5.41) is 4.68. The summed E-state index contributed by atoms with van der Waals surface area (Å²) in [5.41, 5.74) is 0.953. The van der Waals surface area contributed by atoms with E-state index in [1.807, 2.05) is 17.0 Å². The molecule has 0 aromatic heterocycles.